The van der Waals surface area contributed by atoms with Crippen LogP contribution in [0.3, 0.4) is 0 Å². The van der Waals surface area contributed by atoms with Crippen molar-refractivity contribution in [1.82, 2.24) is 0 Å². The molecule has 4 atom stereocenters. The van der Waals surface area contributed by atoms with Crippen molar-refractivity contribution in [3.05, 3.63) is 0 Å². The Kier molecular flexibility index (Phi) is 2.02. The predicted octanol–water partition coefficient (Wildman–Crippen LogP) is 0.630. The van der Waals surface area contributed by atoms with Crippen molar-refractivity contribution in [2.75, 3.05) is 0 Å². The van der Waals surface area contributed by atoms with Crippen LogP contribution in [0.4, 0.5) is 0 Å². The first-order valence-electron chi connectivity index (χ1n) is 3.92. The standard InChI is InChI=1S/C8H16O2/c1-4-5(2)7(4)8(10)6(3)9/h4-10H,1-3H3/t4-,5-,6-,8+/m1/s1. The molecule has 0 aliphatic heterocycles. The third-order valence-electron chi connectivity index (χ3n) is 2.79. The Hall–Kier alpha value is -0.0800. The minimum atomic E-state index is -0.572. The van der Waals surface area contributed by atoms with E-state index in [1.165, 1.54) is 0 Å². The lowest BCUT2D eigenvalue weighted by molar-refractivity contribution is 0.0122. The average Bonchev–Trinajstić information content (AvgIpc) is 2.40. The van der Waals surface area contributed by atoms with Gasteiger partial charge in [-0.05, 0) is 24.7 Å². The fourth-order valence-electron chi connectivity index (χ4n) is 1.64. The van der Waals surface area contributed by atoms with E-state index in [0.29, 0.717) is 17.8 Å². The molecule has 0 unspecified atom stereocenters. The molecule has 0 radical (unpaired) electrons. The van der Waals surface area contributed by atoms with Crippen molar-refractivity contribution in [2.45, 2.75) is 33.0 Å². The van der Waals surface area contributed by atoms with Gasteiger partial charge in [0, 0.05) is 0 Å². The molecular weight excluding hydrogens is 128 g/mol. The monoisotopic (exact) mass is 144 g/mol. The highest BCUT2D eigenvalue weighted by molar-refractivity contribution is 4.96. The molecule has 0 heterocycles. The quantitative estimate of drug-likeness (QED) is 0.596. The summed E-state index contributed by atoms with van der Waals surface area (Å²) in [5, 5.41) is 18.4. The van der Waals surface area contributed by atoms with E-state index in [-0.39, 0.29) is 0 Å². The Morgan fingerprint density at radius 1 is 1.10 bits per heavy atom. The van der Waals surface area contributed by atoms with Crippen molar-refractivity contribution >= 4 is 0 Å². The molecule has 2 N–H and O–H groups in total. The summed E-state index contributed by atoms with van der Waals surface area (Å²) < 4.78 is 0. The SMILES string of the molecule is C[C@@H](O)[C@H](O)C1[C@H](C)[C@H]1C. The lowest BCUT2D eigenvalue weighted by Gasteiger charge is -2.12. The van der Waals surface area contributed by atoms with Crippen molar-refractivity contribution < 1.29 is 10.2 Å². The van der Waals surface area contributed by atoms with Gasteiger partial charge >= 0.3 is 0 Å². The minimum Gasteiger partial charge on any atom is -0.391 e. The van der Waals surface area contributed by atoms with Crippen LogP contribution >= 0.6 is 0 Å². The molecule has 1 aliphatic rings. The zero-order valence-electron chi connectivity index (χ0n) is 6.78. The van der Waals surface area contributed by atoms with E-state index in [1.54, 1.807) is 6.92 Å². The van der Waals surface area contributed by atoms with Gasteiger partial charge in [-0.3, -0.25) is 0 Å². The molecule has 2 nitrogen and oxygen atoms in total. The summed E-state index contributed by atoms with van der Waals surface area (Å²) in [7, 11) is 0. The van der Waals surface area contributed by atoms with Gasteiger partial charge in [-0.2, -0.15) is 0 Å². The van der Waals surface area contributed by atoms with Gasteiger partial charge in [0.05, 0.1) is 12.2 Å². The summed E-state index contributed by atoms with van der Waals surface area (Å²) in [5.74, 6) is 1.51. The van der Waals surface area contributed by atoms with E-state index in [1.807, 2.05) is 0 Å². The molecule has 1 rings (SSSR count). The summed E-state index contributed by atoms with van der Waals surface area (Å²) >= 11 is 0. The maximum atomic E-state index is 9.36. The van der Waals surface area contributed by atoms with E-state index in [4.69, 9.17) is 5.11 Å². The molecule has 10 heavy (non-hydrogen) atoms. The highest BCUT2D eigenvalue weighted by Gasteiger charge is 2.48. The topological polar surface area (TPSA) is 40.5 Å². The third-order valence-corrected chi connectivity index (χ3v) is 2.79. The van der Waals surface area contributed by atoms with Crippen LogP contribution in [0.15, 0.2) is 0 Å². The largest absolute Gasteiger partial charge is 0.391 e. The van der Waals surface area contributed by atoms with Crippen molar-refractivity contribution in [1.29, 1.82) is 0 Å². The molecule has 0 saturated heterocycles. The van der Waals surface area contributed by atoms with Gasteiger partial charge < -0.3 is 10.2 Å². The Balaban J connectivity index is 2.38. The molecular formula is C8H16O2. The lowest BCUT2D eigenvalue weighted by atomic mass is 10.1. The zero-order valence-corrected chi connectivity index (χ0v) is 6.78. The molecule has 2 heteroatoms. The summed E-state index contributed by atoms with van der Waals surface area (Å²) in [6, 6.07) is 0. The minimum absolute atomic E-state index is 0.333. The van der Waals surface area contributed by atoms with Crippen LogP contribution < -0.4 is 0 Å². The highest BCUT2D eigenvalue weighted by Crippen LogP contribution is 2.48. The number of hydrogen-bond acceptors (Lipinski definition) is 2. The number of aliphatic hydroxyl groups is 2. The molecule has 1 fully saturated rings. The summed E-state index contributed by atoms with van der Waals surface area (Å²) in [6.45, 7) is 5.87. The van der Waals surface area contributed by atoms with E-state index in [2.05, 4.69) is 13.8 Å². The maximum absolute atomic E-state index is 9.36. The lowest BCUT2D eigenvalue weighted by Crippen LogP contribution is -2.25. The predicted molar refractivity (Wildman–Crippen MR) is 39.5 cm³/mol. The Morgan fingerprint density at radius 3 is 1.60 bits per heavy atom. The molecule has 0 aromatic carbocycles. The van der Waals surface area contributed by atoms with Gasteiger partial charge in [0.1, 0.15) is 0 Å². The van der Waals surface area contributed by atoms with Crippen LogP contribution in [-0.2, 0) is 0 Å². The molecule has 0 aromatic rings. The number of rotatable bonds is 2. The van der Waals surface area contributed by atoms with Crippen molar-refractivity contribution in [3.8, 4) is 0 Å². The second kappa shape index (κ2) is 2.51. The molecule has 0 spiro atoms. The van der Waals surface area contributed by atoms with Gasteiger partial charge in [-0.25, -0.2) is 0 Å². The smallest absolute Gasteiger partial charge is 0.0829 e. The first kappa shape index (κ1) is 8.02. The highest BCUT2D eigenvalue weighted by atomic mass is 16.3. The van der Waals surface area contributed by atoms with E-state index in [9.17, 15) is 5.11 Å². The summed E-state index contributed by atoms with van der Waals surface area (Å²) in [5.41, 5.74) is 0. The summed E-state index contributed by atoms with van der Waals surface area (Å²) in [4.78, 5) is 0. The second-order valence-electron chi connectivity index (χ2n) is 3.53. The first-order chi connectivity index (χ1) is 4.55. The van der Waals surface area contributed by atoms with Crippen LogP contribution in [-0.4, -0.2) is 22.4 Å². The first-order valence-corrected chi connectivity index (χ1v) is 3.92. The molecule has 60 valence electrons. The number of aliphatic hydroxyl groups excluding tert-OH is 2. The second-order valence-corrected chi connectivity index (χ2v) is 3.53. The van der Waals surface area contributed by atoms with Crippen LogP contribution in [0.5, 0.6) is 0 Å². The van der Waals surface area contributed by atoms with E-state index in [0.717, 1.165) is 0 Å². The van der Waals surface area contributed by atoms with Crippen molar-refractivity contribution in [3.63, 3.8) is 0 Å². The van der Waals surface area contributed by atoms with E-state index < -0.39 is 12.2 Å². The maximum Gasteiger partial charge on any atom is 0.0829 e. The molecule has 0 aromatic heterocycles. The fraction of sp³-hybridized carbons (Fsp3) is 1.00. The van der Waals surface area contributed by atoms with Gasteiger partial charge in [0.2, 0.25) is 0 Å². The van der Waals surface area contributed by atoms with E-state index >= 15 is 0 Å². The van der Waals surface area contributed by atoms with Gasteiger partial charge in [-0.15, -0.1) is 0 Å². The van der Waals surface area contributed by atoms with Gasteiger partial charge in [0.25, 0.3) is 0 Å². The molecule has 1 aliphatic carbocycles. The Labute approximate surface area is 61.9 Å². The molecule has 0 amide bonds. The van der Waals surface area contributed by atoms with Gasteiger partial charge in [0.15, 0.2) is 0 Å². The fourth-order valence-corrected chi connectivity index (χ4v) is 1.64. The van der Waals surface area contributed by atoms with Gasteiger partial charge in [-0.1, -0.05) is 13.8 Å². The number of hydrogen-bond donors (Lipinski definition) is 2. The molecule has 1 saturated carbocycles. The van der Waals surface area contributed by atoms with Crippen molar-refractivity contribution in [2.24, 2.45) is 17.8 Å². The Morgan fingerprint density at radius 2 is 1.50 bits per heavy atom. The average molecular weight is 144 g/mol. The Bertz CT molecular complexity index is 108. The van der Waals surface area contributed by atoms with Crippen LogP contribution in [0.1, 0.15) is 20.8 Å². The van der Waals surface area contributed by atoms with Crippen LogP contribution in [0.25, 0.3) is 0 Å². The zero-order chi connectivity index (χ0) is 7.89. The third kappa shape index (κ3) is 1.18. The van der Waals surface area contributed by atoms with Crippen LogP contribution in [0.2, 0.25) is 0 Å². The normalized spacial score (nSPS) is 44.7. The molecule has 0 bridgehead atoms. The van der Waals surface area contributed by atoms with Crippen LogP contribution in [0, 0.1) is 17.8 Å². The summed E-state index contributed by atoms with van der Waals surface area (Å²) in [6.07, 6.45) is -1.08.